The summed E-state index contributed by atoms with van der Waals surface area (Å²) in [6.45, 7) is 0. The molecule has 0 bridgehead atoms. The van der Waals surface area contributed by atoms with Crippen LogP contribution in [0.2, 0.25) is 0 Å². The van der Waals surface area contributed by atoms with E-state index in [0.29, 0.717) is 9.39 Å². The van der Waals surface area contributed by atoms with Crippen LogP contribution < -0.4 is 0 Å². The summed E-state index contributed by atoms with van der Waals surface area (Å²) in [6.07, 6.45) is 0. The minimum atomic E-state index is -0.458. The molecule has 0 fully saturated rings. The highest BCUT2D eigenvalue weighted by molar-refractivity contribution is 14.1. The lowest BCUT2D eigenvalue weighted by Crippen LogP contribution is -1.94. The van der Waals surface area contributed by atoms with Gasteiger partial charge in [-0.1, -0.05) is 0 Å². The number of nitro groups is 1. The molecule has 1 rings (SSSR count). The highest BCUT2D eigenvalue weighted by Gasteiger charge is 2.08. The van der Waals surface area contributed by atoms with Gasteiger partial charge in [0.05, 0.1) is 16.5 Å². The zero-order valence-corrected chi connectivity index (χ0v) is 8.74. The Morgan fingerprint density at radius 1 is 1.67 bits per heavy atom. The molecule has 64 valence electrons. The Kier molecular flexibility index (Phi) is 3.21. The molecular formula is C6H4ClIN2O2. The van der Waals surface area contributed by atoms with E-state index in [1.165, 1.54) is 12.1 Å². The number of rotatable bonds is 2. The fraction of sp³-hybridized carbons (Fsp3) is 0.167. The van der Waals surface area contributed by atoms with Crippen LogP contribution in [-0.4, -0.2) is 9.91 Å². The maximum atomic E-state index is 10.4. The Morgan fingerprint density at radius 2 is 2.33 bits per heavy atom. The predicted molar refractivity (Wildman–Crippen MR) is 53.2 cm³/mol. The van der Waals surface area contributed by atoms with Crippen LogP contribution in [-0.2, 0) is 5.88 Å². The monoisotopic (exact) mass is 298 g/mol. The van der Waals surface area contributed by atoms with Gasteiger partial charge in [-0.2, -0.15) is 0 Å². The number of hydrogen-bond donors (Lipinski definition) is 0. The quantitative estimate of drug-likeness (QED) is 0.277. The third-order valence-electron chi connectivity index (χ3n) is 1.18. The van der Waals surface area contributed by atoms with E-state index in [4.69, 9.17) is 11.6 Å². The van der Waals surface area contributed by atoms with Crippen LogP contribution in [0, 0.1) is 13.8 Å². The van der Waals surface area contributed by atoms with Crippen LogP contribution in [0.15, 0.2) is 12.1 Å². The van der Waals surface area contributed by atoms with Gasteiger partial charge in [0, 0.05) is 12.1 Å². The number of pyridine rings is 1. The first-order chi connectivity index (χ1) is 5.63. The van der Waals surface area contributed by atoms with Crippen molar-refractivity contribution in [1.82, 2.24) is 4.98 Å². The molecule has 0 atom stereocenters. The highest BCUT2D eigenvalue weighted by atomic mass is 127. The summed E-state index contributed by atoms with van der Waals surface area (Å²) in [5.74, 6) is 0.192. The van der Waals surface area contributed by atoms with Crippen LogP contribution in [0.3, 0.4) is 0 Å². The van der Waals surface area contributed by atoms with Crippen LogP contribution in [0.25, 0.3) is 0 Å². The lowest BCUT2D eigenvalue weighted by Gasteiger charge is -1.96. The summed E-state index contributed by atoms with van der Waals surface area (Å²) in [5, 5.41) is 10.4. The highest BCUT2D eigenvalue weighted by Crippen LogP contribution is 2.16. The molecule has 1 aromatic heterocycles. The molecule has 0 saturated carbocycles. The van der Waals surface area contributed by atoms with Gasteiger partial charge in [-0.25, -0.2) is 4.98 Å². The normalized spacial score (nSPS) is 9.83. The van der Waals surface area contributed by atoms with Gasteiger partial charge in [0.25, 0.3) is 5.69 Å². The van der Waals surface area contributed by atoms with Crippen LogP contribution in [0.5, 0.6) is 0 Å². The maximum Gasteiger partial charge on any atom is 0.273 e. The van der Waals surface area contributed by atoms with Gasteiger partial charge in [0.15, 0.2) is 0 Å². The summed E-state index contributed by atoms with van der Waals surface area (Å²) in [7, 11) is 0. The Balaban J connectivity index is 3.15. The van der Waals surface area contributed by atoms with Crippen molar-refractivity contribution in [3.05, 3.63) is 31.6 Å². The van der Waals surface area contributed by atoms with Crippen molar-refractivity contribution >= 4 is 39.9 Å². The second-order valence-electron chi connectivity index (χ2n) is 2.03. The molecule has 1 heterocycles. The summed E-state index contributed by atoms with van der Waals surface area (Å²) in [4.78, 5) is 13.9. The predicted octanol–water partition coefficient (Wildman–Crippen LogP) is 2.33. The molecule has 0 unspecified atom stereocenters. The van der Waals surface area contributed by atoms with E-state index in [0.717, 1.165) is 0 Å². The Morgan fingerprint density at radius 3 is 2.83 bits per heavy atom. The lowest BCUT2D eigenvalue weighted by molar-refractivity contribution is -0.385. The molecular weight excluding hydrogens is 294 g/mol. The topological polar surface area (TPSA) is 56.0 Å². The van der Waals surface area contributed by atoms with Gasteiger partial charge in [0.2, 0.25) is 0 Å². The van der Waals surface area contributed by atoms with Gasteiger partial charge in [-0.15, -0.1) is 11.6 Å². The maximum absolute atomic E-state index is 10.4. The largest absolute Gasteiger partial charge is 0.273 e. The summed E-state index contributed by atoms with van der Waals surface area (Å²) in [5.41, 5.74) is 0.556. The number of nitrogens with zero attached hydrogens (tertiary/aromatic N) is 2. The first-order valence-electron chi connectivity index (χ1n) is 3.00. The van der Waals surface area contributed by atoms with Gasteiger partial charge in [-0.05, 0) is 22.6 Å². The second-order valence-corrected chi connectivity index (χ2v) is 3.40. The van der Waals surface area contributed by atoms with E-state index < -0.39 is 4.92 Å². The fourth-order valence-electron chi connectivity index (χ4n) is 0.710. The minimum Gasteiger partial charge on any atom is -0.258 e. The standard InChI is InChI=1S/C6H4ClIN2O2/c7-3-4-1-5(10(11)12)2-6(8)9-4/h1-2H,3H2. The van der Waals surface area contributed by atoms with Crippen LogP contribution >= 0.6 is 34.2 Å². The van der Waals surface area contributed by atoms with E-state index in [1.54, 1.807) is 0 Å². The molecule has 0 spiro atoms. The van der Waals surface area contributed by atoms with Gasteiger partial charge >= 0.3 is 0 Å². The molecule has 0 amide bonds. The van der Waals surface area contributed by atoms with Crippen molar-refractivity contribution in [1.29, 1.82) is 0 Å². The first-order valence-corrected chi connectivity index (χ1v) is 4.61. The third-order valence-corrected chi connectivity index (χ3v) is 2.01. The first kappa shape index (κ1) is 9.66. The lowest BCUT2D eigenvalue weighted by atomic mass is 10.3. The number of hydrogen-bond acceptors (Lipinski definition) is 3. The Bertz CT molecular complexity index is 318. The number of alkyl halides is 1. The van der Waals surface area contributed by atoms with Gasteiger partial charge in [0.1, 0.15) is 3.70 Å². The molecule has 0 radical (unpaired) electrons. The van der Waals surface area contributed by atoms with Crippen molar-refractivity contribution in [2.45, 2.75) is 5.88 Å². The van der Waals surface area contributed by atoms with Crippen molar-refractivity contribution in [2.24, 2.45) is 0 Å². The average Bonchev–Trinajstić information content (AvgIpc) is 2.03. The molecule has 0 aliphatic rings. The van der Waals surface area contributed by atoms with Crippen molar-refractivity contribution in [2.75, 3.05) is 0 Å². The van der Waals surface area contributed by atoms with Gasteiger partial charge < -0.3 is 0 Å². The summed E-state index contributed by atoms with van der Waals surface area (Å²) < 4.78 is 0.581. The zero-order chi connectivity index (χ0) is 9.14. The van der Waals surface area contributed by atoms with E-state index in [2.05, 4.69) is 4.98 Å². The molecule has 6 heteroatoms. The summed E-state index contributed by atoms with van der Waals surface area (Å²) >= 11 is 7.40. The van der Waals surface area contributed by atoms with E-state index in [-0.39, 0.29) is 11.6 Å². The molecule has 0 N–H and O–H groups in total. The molecule has 1 aromatic rings. The minimum absolute atomic E-state index is 0.0325. The van der Waals surface area contributed by atoms with Crippen LogP contribution in [0.4, 0.5) is 5.69 Å². The van der Waals surface area contributed by atoms with Crippen molar-refractivity contribution in [3.8, 4) is 0 Å². The number of aromatic nitrogens is 1. The fourth-order valence-corrected chi connectivity index (χ4v) is 1.48. The summed E-state index contributed by atoms with van der Waals surface area (Å²) in [6, 6.07) is 2.77. The van der Waals surface area contributed by atoms with E-state index in [9.17, 15) is 10.1 Å². The average molecular weight is 298 g/mol. The molecule has 0 aromatic carbocycles. The van der Waals surface area contributed by atoms with E-state index in [1.807, 2.05) is 22.6 Å². The second kappa shape index (κ2) is 3.99. The van der Waals surface area contributed by atoms with Crippen molar-refractivity contribution < 1.29 is 4.92 Å². The smallest absolute Gasteiger partial charge is 0.258 e. The van der Waals surface area contributed by atoms with E-state index >= 15 is 0 Å². The van der Waals surface area contributed by atoms with Gasteiger partial charge in [-0.3, -0.25) is 10.1 Å². The number of halogens is 2. The Labute approximate surface area is 87.2 Å². The molecule has 0 saturated heterocycles. The third kappa shape index (κ3) is 2.28. The molecule has 0 aliphatic carbocycles. The zero-order valence-electron chi connectivity index (χ0n) is 5.83. The Hall–Kier alpha value is -0.430. The SMILES string of the molecule is O=[N+]([O-])c1cc(I)nc(CCl)c1. The molecule has 0 aliphatic heterocycles. The molecule has 4 nitrogen and oxygen atoms in total. The molecule has 12 heavy (non-hydrogen) atoms. The van der Waals surface area contributed by atoms with Crippen molar-refractivity contribution in [3.63, 3.8) is 0 Å². The van der Waals surface area contributed by atoms with Crippen LogP contribution in [0.1, 0.15) is 5.69 Å².